The number of benzene rings is 1. The summed E-state index contributed by atoms with van der Waals surface area (Å²) in [4.78, 5) is 3.79. The van der Waals surface area contributed by atoms with Gasteiger partial charge in [0.25, 0.3) is 0 Å². The van der Waals surface area contributed by atoms with Crippen LogP contribution in [0.5, 0.6) is 5.75 Å². The molecule has 0 aliphatic heterocycles. The van der Waals surface area contributed by atoms with Crippen LogP contribution in [0.1, 0.15) is 17.4 Å². The Hall–Kier alpha value is -2.01. The lowest BCUT2D eigenvalue weighted by Gasteiger charge is -2.11. The van der Waals surface area contributed by atoms with Gasteiger partial charge in [0.15, 0.2) is 11.6 Å². The maximum absolute atomic E-state index is 13.5. The lowest BCUT2D eigenvalue weighted by atomic mass is 10.0. The molecule has 0 saturated heterocycles. The maximum atomic E-state index is 13.5. The summed E-state index contributed by atoms with van der Waals surface area (Å²) in [5, 5.41) is 9.92. The van der Waals surface area contributed by atoms with Crippen LogP contribution >= 0.6 is 0 Å². The normalized spacial score (nSPS) is 12.2. The zero-order chi connectivity index (χ0) is 13.8. The van der Waals surface area contributed by atoms with E-state index in [0.717, 1.165) is 0 Å². The minimum Gasteiger partial charge on any atom is -0.494 e. The van der Waals surface area contributed by atoms with Crippen LogP contribution in [-0.2, 0) is 6.42 Å². The van der Waals surface area contributed by atoms with E-state index in [1.54, 1.807) is 6.07 Å². The molecule has 100 valence electrons. The first-order chi connectivity index (χ1) is 9.11. The summed E-state index contributed by atoms with van der Waals surface area (Å²) in [5.41, 5.74) is 0.495. The van der Waals surface area contributed by atoms with Crippen LogP contribution in [0.4, 0.5) is 8.78 Å². The first kappa shape index (κ1) is 13.4. The number of pyridine rings is 1. The van der Waals surface area contributed by atoms with Crippen molar-refractivity contribution < 1.29 is 18.6 Å². The molecule has 0 aliphatic carbocycles. The van der Waals surface area contributed by atoms with Crippen LogP contribution in [-0.4, -0.2) is 17.2 Å². The minimum absolute atomic E-state index is 0.0428. The molecule has 3 nitrogen and oxygen atoms in total. The average molecular weight is 265 g/mol. The molecule has 0 bridgehead atoms. The summed E-state index contributed by atoms with van der Waals surface area (Å²) in [6.07, 6.45) is 0.361. The number of rotatable bonds is 4. The molecule has 0 spiro atoms. The molecule has 0 amide bonds. The highest BCUT2D eigenvalue weighted by Gasteiger charge is 2.15. The number of methoxy groups -OCH3 is 1. The number of nitrogens with zero attached hydrogens (tertiary/aromatic N) is 1. The van der Waals surface area contributed by atoms with E-state index in [4.69, 9.17) is 4.74 Å². The molecule has 2 rings (SSSR count). The molecule has 2 aromatic rings. The third-order valence-corrected chi connectivity index (χ3v) is 2.75. The molecule has 1 unspecified atom stereocenters. The van der Waals surface area contributed by atoms with Gasteiger partial charge in [-0.25, -0.2) is 8.78 Å². The average Bonchev–Trinajstić information content (AvgIpc) is 2.39. The van der Waals surface area contributed by atoms with Gasteiger partial charge in [-0.05, 0) is 29.8 Å². The topological polar surface area (TPSA) is 42.4 Å². The zero-order valence-electron chi connectivity index (χ0n) is 10.3. The van der Waals surface area contributed by atoms with E-state index in [1.807, 2.05) is 0 Å². The van der Waals surface area contributed by atoms with Crippen molar-refractivity contribution >= 4 is 0 Å². The van der Waals surface area contributed by atoms with Crippen molar-refractivity contribution in [3.8, 4) is 5.75 Å². The predicted octanol–water partition coefficient (Wildman–Crippen LogP) is 2.64. The van der Waals surface area contributed by atoms with Crippen molar-refractivity contribution in [2.45, 2.75) is 12.5 Å². The molecule has 1 N–H and O–H groups in total. The Morgan fingerprint density at radius 1 is 1.26 bits per heavy atom. The Morgan fingerprint density at radius 2 is 2.05 bits per heavy atom. The molecule has 1 aromatic heterocycles. The number of aromatic nitrogens is 1. The smallest absolute Gasteiger partial charge is 0.165 e. The highest BCUT2D eigenvalue weighted by atomic mass is 19.1. The van der Waals surface area contributed by atoms with Crippen molar-refractivity contribution in [3.05, 3.63) is 59.4 Å². The van der Waals surface area contributed by atoms with Crippen molar-refractivity contribution in [2.24, 2.45) is 0 Å². The molecule has 0 aliphatic rings. The SMILES string of the molecule is COc1ccc(CC(O)c2ncccc2F)cc1F. The second-order valence-corrected chi connectivity index (χ2v) is 4.06. The Balaban J connectivity index is 2.17. The first-order valence-electron chi connectivity index (χ1n) is 5.72. The summed E-state index contributed by atoms with van der Waals surface area (Å²) in [5.74, 6) is -0.972. The predicted molar refractivity (Wildman–Crippen MR) is 65.8 cm³/mol. The van der Waals surface area contributed by atoms with Gasteiger partial charge >= 0.3 is 0 Å². The van der Waals surface area contributed by atoms with E-state index in [0.29, 0.717) is 5.56 Å². The number of hydrogen-bond donors (Lipinski definition) is 1. The van der Waals surface area contributed by atoms with E-state index < -0.39 is 17.7 Å². The van der Waals surface area contributed by atoms with E-state index in [1.165, 1.54) is 37.6 Å². The Kier molecular flexibility index (Phi) is 4.06. The summed E-state index contributed by atoms with van der Waals surface area (Å²) in [6, 6.07) is 7.00. The monoisotopic (exact) mass is 265 g/mol. The van der Waals surface area contributed by atoms with Crippen molar-refractivity contribution in [1.29, 1.82) is 0 Å². The fourth-order valence-corrected chi connectivity index (χ4v) is 1.80. The molecule has 0 fully saturated rings. The highest BCUT2D eigenvalue weighted by Crippen LogP contribution is 2.22. The molecular formula is C14H13F2NO2. The van der Waals surface area contributed by atoms with Gasteiger partial charge in [0.05, 0.1) is 7.11 Å². The van der Waals surface area contributed by atoms with Crippen molar-refractivity contribution in [3.63, 3.8) is 0 Å². The van der Waals surface area contributed by atoms with Crippen molar-refractivity contribution in [2.75, 3.05) is 7.11 Å². The van der Waals surface area contributed by atoms with Gasteiger partial charge in [0.1, 0.15) is 17.6 Å². The fraction of sp³-hybridized carbons (Fsp3) is 0.214. The summed E-state index contributed by atoms with van der Waals surface area (Å²) >= 11 is 0. The van der Waals surface area contributed by atoms with Gasteiger partial charge in [-0.15, -0.1) is 0 Å². The minimum atomic E-state index is -1.12. The molecule has 1 atom stereocenters. The van der Waals surface area contributed by atoms with Crippen LogP contribution < -0.4 is 4.74 Å². The first-order valence-corrected chi connectivity index (χ1v) is 5.72. The molecule has 0 radical (unpaired) electrons. The van der Waals surface area contributed by atoms with Gasteiger partial charge in [0, 0.05) is 12.6 Å². The van der Waals surface area contributed by atoms with Gasteiger partial charge in [0.2, 0.25) is 0 Å². The van der Waals surface area contributed by atoms with E-state index in [2.05, 4.69) is 4.98 Å². The number of aliphatic hydroxyl groups is 1. The number of hydrogen-bond acceptors (Lipinski definition) is 3. The van der Waals surface area contributed by atoms with Gasteiger partial charge in [-0.2, -0.15) is 0 Å². The third-order valence-electron chi connectivity index (χ3n) is 2.75. The second kappa shape index (κ2) is 5.75. The molecular weight excluding hydrogens is 252 g/mol. The van der Waals surface area contributed by atoms with Crippen molar-refractivity contribution in [1.82, 2.24) is 4.98 Å². The fourth-order valence-electron chi connectivity index (χ4n) is 1.80. The van der Waals surface area contributed by atoms with Gasteiger partial charge < -0.3 is 9.84 Å². The van der Waals surface area contributed by atoms with Crippen LogP contribution in [0.2, 0.25) is 0 Å². The third kappa shape index (κ3) is 3.06. The molecule has 5 heteroatoms. The largest absolute Gasteiger partial charge is 0.494 e. The molecule has 1 heterocycles. The maximum Gasteiger partial charge on any atom is 0.165 e. The Morgan fingerprint density at radius 3 is 2.68 bits per heavy atom. The van der Waals surface area contributed by atoms with E-state index in [-0.39, 0.29) is 17.9 Å². The molecule has 0 saturated carbocycles. The van der Waals surface area contributed by atoms with Crippen LogP contribution in [0.15, 0.2) is 36.5 Å². The Bertz CT molecular complexity index is 575. The zero-order valence-corrected chi connectivity index (χ0v) is 10.3. The van der Waals surface area contributed by atoms with Crippen LogP contribution in [0.3, 0.4) is 0 Å². The number of ether oxygens (including phenoxy) is 1. The van der Waals surface area contributed by atoms with E-state index in [9.17, 15) is 13.9 Å². The molecule has 19 heavy (non-hydrogen) atoms. The second-order valence-electron chi connectivity index (χ2n) is 4.06. The van der Waals surface area contributed by atoms with Gasteiger partial charge in [-0.1, -0.05) is 6.07 Å². The summed E-state index contributed by atoms with van der Waals surface area (Å²) in [6.45, 7) is 0. The lowest BCUT2D eigenvalue weighted by molar-refractivity contribution is 0.168. The quantitative estimate of drug-likeness (QED) is 0.924. The van der Waals surface area contributed by atoms with Gasteiger partial charge in [-0.3, -0.25) is 4.98 Å². The van der Waals surface area contributed by atoms with Crippen LogP contribution in [0, 0.1) is 11.6 Å². The highest BCUT2D eigenvalue weighted by molar-refractivity contribution is 5.30. The number of halogens is 2. The lowest BCUT2D eigenvalue weighted by Crippen LogP contribution is -2.07. The summed E-state index contributed by atoms with van der Waals surface area (Å²) in [7, 11) is 1.37. The number of aliphatic hydroxyl groups excluding tert-OH is 1. The van der Waals surface area contributed by atoms with Crippen LogP contribution in [0.25, 0.3) is 0 Å². The summed E-state index contributed by atoms with van der Waals surface area (Å²) < 4.78 is 31.7. The Labute approximate surface area is 109 Å². The standard InChI is InChI=1S/C14H13F2NO2/c1-19-13-5-4-9(7-11(13)16)8-12(18)14-10(15)3-2-6-17-14/h2-7,12,18H,8H2,1H3. The molecule has 1 aromatic carbocycles. The van der Waals surface area contributed by atoms with E-state index >= 15 is 0 Å².